The normalized spacial score (nSPS) is 13.7. The molecular weight excluding hydrogens is 262 g/mol. The number of nitro groups is 1. The predicted octanol–water partition coefficient (Wildman–Crippen LogP) is 2.31. The maximum absolute atomic E-state index is 11.1. The molecule has 0 aliphatic carbocycles. The fourth-order valence-electron chi connectivity index (χ4n) is 1.17. The van der Waals surface area contributed by atoms with Crippen LogP contribution in [0.3, 0.4) is 0 Å². The lowest BCUT2D eigenvalue weighted by Crippen LogP contribution is -2.43. The van der Waals surface area contributed by atoms with Crippen LogP contribution in [0, 0.1) is 10.1 Å². The van der Waals surface area contributed by atoms with Crippen LogP contribution in [0.1, 0.15) is 20.3 Å². The number of anilines is 1. The van der Waals surface area contributed by atoms with Crippen molar-refractivity contribution in [2.75, 3.05) is 5.32 Å². The quantitative estimate of drug-likeness (QED) is 0.630. The van der Waals surface area contributed by atoms with Crippen LogP contribution in [-0.2, 0) is 4.79 Å². The molecule has 1 unspecified atom stereocenters. The van der Waals surface area contributed by atoms with Gasteiger partial charge in [0.15, 0.2) is 0 Å². The molecular formula is C10H12ClN3O4. The molecule has 1 heterocycles. The molecule has 0 spiro atoms. The van der Waals surface area contributed by atoms with Gasteiger partial charge in [0.1, 0.15) is 17.6 Å². The number of aromatic nitrogens is 1. The van der Waals surface area contributed by atoms with E-state index in [1.807, 2.05) is 0 Å². The van der Waals surface area contributed by atoms with Crippen LogP contribution in [0.25, 0.3) is 0 Å². The first-order chi connectivity index (χ1) is 8.30. The van der Waals surface area contributed by atoms with Gasteiger partial charge in [-0.25, -0.2) is 9.78 Å². The number of carboxylic acid groups (broad SMARTS) is 1. The molecule has 0 saturated heterocycles. The summed E-state index contributed by atoms with van der Waals surface area (Å²) in [4.78, 5) is 24.7. The molecule has 1 atom stereocenters. The molecule has 0 bridgehead atoms. The molecule has 0 fully saturated rings. The first-order valence-electron chi connectivity index (χ1n) is 5.11. The van der Waals surface area contributed by atoms with Crippen molar-refractivity contribution in [3.63, 3.8) is 0 Å². The number of aliphatic carboxylic acids is 1. The van der Waals surface area contributed by atoms with Crippen LogP contribution >= 0.6 is 11.6 Å². The van der Waals surface area contributed by atoms with E-state index in [9.17, 15) is 14.9 Å². The van der Waals surface area contributed by atoms with Crippen molar-refractivity contribution in [2.45, 2.75) is 25.8 Å². The van der Waals surface area contributed by atoms with Gasteiger partial charge in [0.05, 0.1) is 9.95 Å². The van der Waals surface area contributed by atoms with E-state index in [0.29, 0.717) is 6.42 Å². The summed E-state index contributed by atoms with van der Waals surface area (Å²) in [7, 11) is 0. The average Bonchev–Trinajstić information content (AvgIpc) is 2.31. The van der Waals surface area contributed by atoms with E-state index in [4.69, 9.17) is 16.7 Å². The molecule has 0 aliphatic heterocycles. The van der Waals surface area contributed by atoms with Gasteiger partial charge in [0.25, 0.3) is 5.69 Å². The van der Waals surface area contributed by atoms with Gasteiger partial charge in [-0.05, 0) is 13.3 Å². The molecule has 18 heavy (non-hydrogen) atoms. The van der Waals surface area contributed by atoms with Crippen LogP contribution in [0.2, 0.25) is 5.02 Å². The molecule has 0 aliphatic rings. The smallest absolute Gasteiger partial charge is 0.329 e. The summed E-state index contributed by atoms with van der Waals surface area (Å²) in [6, 6.07) is 1.12. The van der Waals surface area contributed by atoms with Gasteiger partial charge < -0.3 is 10.4 Å². The fourth-order valence-corrected chi connectivity index (χ4v) is 1.38. The Morgan fingerprint density at radius 2 is 2.33 bits per heavy atom. The molecule has 0 saturated carbocycles. The van der Waals surface area contributed by atoms with Crippen molar-refractivity contribution < 1.29 is 14.8 Å². The third-order valence-corrected chi connectivity index (χ3v) is 2.90. The molecule has 2 N–H and O–H groups in total. The lowest BCUT2D eigenvalue weighted by molar-refractivity contribution is -0.385. The van der Waals surface area contributed by atoms with Crippen LogP contribution in [0.15, 0.2) is 12.3 Å². The van der Waals surface area contributed by atoms with Crippen molar-refractivity contribution in [2.24, 2.45) is 0 Å². The molecule has 1 rings (SSSR count). The zero-order chi connectivity index (χ0) is 13.9. The molecule has 1 aromatic heterocycles. The van der Waals surface area contributed by atoms with Crippen molar-refractivity contribution in [3.8, 4) is 0 Å². The molecule has 7 nitrogen and oxygen atoms in total. The number of pyridine rings is 1. The van der Waals surface area contributed by atoms with Gasteiger partial charge in [-0.15, -0.1) is 0 Å². The highest BCUT2D eigenvalue weighted by Crippen LogP contribution is 2.27. The minimum Gasteiger partial charge on any atom is -0.480 e. The average molecular weight is 274 g/mol. The van der Waals surface area contributed by atoms with Crippen LogP contribution in [-0.4, -0.2) is 26.5 Å². The van der Waals surface area contributed by atoms with Gasteiger partial charge >= 0.3 is 5.97 Å². The number of nitrogens with zero attached hydrogens (tertiary/aromatic N) is 2. The van der Waals surface area contributed by atoms with Gasteiger partial charge in [-0.2, -0.15) is 0 Å². The lowest BCUT2D eigenvalue weighted by Gasteiger charge is -2.25. The maximum atomic E-state index is 11.1. The summed E-state index contributed by atoms with van der Waals surface area (Å²) in [5.41, 5.74) is -1.48. The third-order valence-electron chi connectivity index (χ3n) is 2.61. The first kappa shape index (κ1) is 14.2. The molecule has 98 valence electrons. The number of hydrogen-bond acceptors (Lipinski definition) is 5. The Morgan fingerprint density at radius 3 is 2.72 bits per heavy atom. The van der Waals surface area contributed by atoms with Crippen LogP contribution in [0.5, 0.6) is 0 Å². The number of hydrogen-bond donors (Lipinski definition) is 2. The minimum absolute atomic E-state index is 0.00475. The summed E-state index contributed by atoms with van der Waals surface area (Å²) >= 11 is 5.82. The van der Waals surface area contributed by atoms with E-state index < -0.39 is 16.4 Å². The Hall–Kier alpha value is -1.89. The zero-order valence-electron chi connectivity index (χ0n) is 9.81. The molecule has 0 radical (unpaired) electrons. The van der Waals surface area contributed by atoms with Crippen molar-refractivity contribution in [3.05, 3.63) is 27.4 Å². The summed E-state index contributed by atoms with van der Waals surface area (Å²) in [6.07, 6.45) is 1.32. The molecule has 1 aromatic rings. The van der Waals surface area contributed by atoms with Gasteiger partial charge in [-0.1, -0.05) is 18.5 Å². The number of nitrogens with one attached hydrogen (secondary N) is 1. The number of halogens is 1. The van der Waals surface area contributed by atoms with Crippen molar-refractivity contribution in [1.29, 1.82) is 0 Å². The van der Waals surface area contributed by atoms with E-state index >= 15 is 0 Å². The van der Waals surface area contributed by atoms with Gasteiger partial charge in [0, 0.05) is 6.07 Å². The summed E-state index contributed by atoms with van der Waals surface area (Å²) in [5.74, 6) is -0.949. The summed E-state index contributed by atoms with van der Waals surface area (Å²) < 4.78 is 0. The monoisotopic (exact) mass is 273 g/mol. The SMILES string of the molecule is CCC(C)(Nc1ncc([N+](=O)[O-])cc1Cl)C(=O)O. The summed E-state index contributed by atoms with van der Waals surface area (Å²) in [6.45, 7) is 3.18. The number of carbonyl (C=O) groups is 1. The van der Waals surface area contributed by atoms with E-state index in [1.54, 1.807) is 6.92 Å². The molecule has 0 amide bonds. The molecule has 8 heteroatoms. The Morgan fingerprint density at radius 1 is 1.72 bits per heavy atom. The zero-order valence-corrected chi connectivity index (χ0v) is 10.6. The highest BCUT2D eigenvalue weighted by atomic mass is 35.5. The standard InChI is InChI=1S/C10H12ClN3O4/c1-3-10(2,9(15)16)13-8-7(11)4-6(5-12-8)14(17)18/h4-5H,3H2,1-2H3,(H,12,13)(H,15,16). The number of carboxylic acids is 1. The van der Waals surface area contributed by atoms with Crippen molar-refractivity contribution in [1.82, 2.24) is 4.98 Å². The highest BCUT2D eigenvalue weighted by Gasteiger charge is 2.32. The van der Waals surface area contributed by atoms with Crippen LogP contribution < -0.4 is 5.32 Å². The van der Waals surface area contributed by atoms with E-state index in [2.05, 4.69) is 10.3 Å². The van der Waals surface area contributed by atoms with E-state index in [0.717, 1.165) is 12.3 Å². The van der Waals surface area contributed by atoms with Gasteiger partial charge in [0.2, 0.25) is 0 Å². The minimum atomic E-state index is -1.23. The maximum Gasteiger partial charge on any atom is 0.329 e. The molecule has 0 aromatic carbocycles. The first-order valence-corrected chi connectivity index (χ1v) is 5.49. The Labute approximate surface area is 108 Å². The second-order valence-corrected chi connectivity index (χ2v) is 4.30. The predicted molar refractivity (Wildman–Crippen MR) is 65.9 cm³/mol. The van der Waals surface area contributed by atoms with Gasteiger partial charge in [-0.3, -0.25) is 10.1 Å². The topological polar surface area (TPSA) is 105 Å². The summed E-state index contributed by atoms with van der Waals surface area (Å²) in [5, 5.41) is 22.3. The van der Waals surface area contributed by atoms with E-state index in [1.165, 1.54) is 6.92 Å². The fraction of sp³-hybridized carbons (Fsp3) is 0.400. The highest BCUT2D eigenvalue weighted by molar-refractivity contribution is 6.33. The Bertz CT molecular complexity index is 494. The third kappa shape index (κ3) is 2.86. The Balaban J connectivity index is 3.05. The second-order valence-electron chi connectivity index (χ2n) is 3.90. The van der Waals surface area contributed by atoms with E-state index in [-0.39, 0.29) is 16.5 Å². The lowest BCUT2D eigenvalue weighted by atomic mass is 9.99. The van der Waals surface area contributed by atoms with Crippen LogP contribution in [0.4, 0.5) is 11.5 Å². The largest absolute Gasteiger partial charge is 0.480 e. The second kappa shape index (κ2) is 5.18. The Kier molecular flexibility index (Phi) is 4.07. The number of rotatable bonds is 5. The van der Waals surface area contributed by atoms with Crippen molar-refractivity contribution >= 4 is 29.1 Å².